The summed E-state index contributed by atoms with van der Waals surface area (Å²) >= 11 is 5.19. The molecule has 0 aliphatic heterocycles. The molecular formula is C20H21N3O2S. The number of ether oxygens (including phenoxy) is 1. The van der Waals surface area contributed by atoms with Crippen LogP contribution in [0, 0.1) is 17.2 Å². The highest BCUT2D eigenvalue weighted by Gasteiger charge is 2.13. The average Bonchev–Trinajstić information content (AvgIpc) is 2.62. The Bertz CT molecular complexity index is 811. The van der Waals surface area contributed by atoms with Gasteiger partial charge in [0, 0.05) is 5.69 Å². The van der Waals surface area contributed by atoms with Crippen LogP contribution in [0.4, 0.5) is 5.69 Å². The molecule has 6 heteroatoms. The van der Waals surface area contributed by atoms with Crippen molar-refractivity contribution in [2.75, 3.05) is 11.9 Å². The number of nitrogens with one attached hydrogen (secondary N) is 2. The van der Waals surface area contributed by atoms with Crippen LogP contribution in [0.15, 0.2) is 48.5 Å². The number of nitriles is 1. The van der Waals surface area contributed by atoms with Crippen LogP contribution >= 0.6 is 12.2 Å². The largest absolute Gasteiger partial charge is 0.493 e. The molecule has 0 radical (unpaired) electrons. The molecule has 0 unspecified atom stereocenters. The van der Waals surface area contributed by atoms with E-state index in [1.807, 2.05) is 12.1 Å². The van der Waals surface area contributed by atoms with Gasteiger partial charge >= 0.3 is 0 Å². The van der Waals surface area contributed by atoms with Crippen molar-refractivity contribution in [3.8, 4) is 11.8 Å². The molecule has 0 aliphatic rings. The maximum atomic E-state index is 12.5. The third-order valence-electron chi connectivity index (χ3n) is 3.58. The minimum absolute atomic E-state index is 0.177. The van der Waals surface area contributed by atoms with E-state index in [1.54, 1.807) is 42.5 Å². The fourth-order valence-electron chi connectivity index (χ4n) is 2.15. The van der Waals surface area contributed by atoms with Gasteiger partial charge in [-0.25, -0.2) is 0 Å². The number of thiocarbonyl (C=S) groups is 1. The predicted molar refractivity (Wildman–Crippen MR) is 106 cm³/mol. The SMILES string of the molecule is CC(C)CCOc1ccccc1C(=O)NC(=S)Nc1ccc(C#N)cc1. The zero-order valence-corrected chi connectivity index (χ0v) is 15.6. The van der Waals surface area contributed by atoms with Crippen LogP contribution in [0.5, 0.6) is 5.75 Å². The van der Waals surface area contributed by atoms with Crippen molar-refractivity contribution in [1.82, 2.24) is 5.32 Å². The second kappa shape index (κ2) is 9.54. The van der Waals surface area contributed by atoms with E-state index in [0.29, 0.717) is 35.1 Å². The van der Waals surface area contributed by atoms with Crippen molar-refractivity contribution in [2.45, 2.75) is 20.3 Å². The van der Waals surface area contributed by atoms with Crippen molar-refractivity contribution in [1.29, 1.82) is 5.26 Å². The molecule has 5 nitrogen and oxygen atoms in total. The van der Waals surface area contributed by atoms with Gasteiger partial charge in [0.1, 0.15) is 5.75 Å². The normalized spacial score (nSPS) is 10.1. The minimum atomic E-state index is -0.337. The zero-order valence-electron chi connectivity index (χ0n) is 14.8. The molecule has 2 N–H and O–H groups in total. The van der Waals surface area contributed by atoms with E-state index in [0.717, 1.165) is 6.42 Å². The van der Waals surface area contributed by atoms with Crippen LogP contribution in [0.3, 0.4) is 0 Å². The number of hydrogen-bond acceptors (Lipinski definition) is 4. The lowest BCUT2D eigenvalue weighted by molar-refractivity contribution is 0.0973. The monoisotopic (exact) mass is 367 g/mol. The number of anilines is 1. The summed E-state index contributed by atoms with van der Waals surface area (Å²) in [5.41, 5.74) is 1.67. The predicted octanol–water partition coefficient (Wildman–Crippen LogP) is 4.11. The number of para-hydroxylation sites is 1. The third-order valence-corrected chi connectivity index (χ3v) is 3.79. The molecule has 0 aliphatic carbocycles. The standard InChI is InChI=1S/C20H21N3O2S/c1-14(2)11-12-25-18-6-4-3-5-17(18)19(24)23-20(26)22-16-9-7-15(13-21)8-10-16/h3-10,14H,11-12H2,1-2H3,(H2,22,23,24,26). The number of carbonyl (C=O) groups is 1. The second-order valence-electron chi connectivity index (χ2n) is 6.12. The minimum Gasteiger partial charge on any atom is -0.493 e. The first-order chi connectivity index (χ1) is 12.5. The first-order valence-electron chi connectivity index (χ1n) is 8.34. The van der Waals surface area contributed by atoms with E-state index in [2.05, 4.69) is 24.5 Å². The molecule has 0 saturated heterocycles. The van der Waals surface area contributed by atoms with E-state index in [4.69, 9.17) is 22.2 Å². The zero-order chi connectivity index (χ0) is 18.9. The lowest BCUT2D eigenvalue weighted by atomic mass is 10.1. The summed E-state index contributed by atoms with van der Waals surface area (Å²) in [7, 11) is 0. The number of rotatable bonds is 6. The molecule has 0 heterocycles. The Morgan fingerprint density at radius 3 is 2.54 bits per heavy atom. The van der Waals surface area contributed by atoms with E-state index >= 15 is 0 Å². The van der Waals surface area contributed by atoms with E-state index in [1.165, 1.54) is 0 Å². The topological polar surface area (TPSA) is 74.2 Å². The Morgan fingerprint density at radius 2 is 1.88 bits per heavy atom. The second-order valence-corrected chi connectivity index (χ2v) is 6.53. The van der Waals surface area contributed by atoms with Gasteiger partial charge in [-0.3, -0.25) is 10.1 Å². The van der Waals surface area contributed by atoms with E-state index < -0.39 is 0 Å². The van der Waals surface area contributed by atoms with E-state index in [-0.39, 0.29) is 11.0 Å². The van der Waals surface area contributed by atoms with Gasteiger partial charge in [-0.05, 0) is 61.0 Å². The van der Waals surface area contributed by atoms with Gasteiger partial charge < -0.3 is 10.1 Å². The fourth-order valence-corrected chi connectivity index (χ4v) is 2.36. The van der Waals surface area contributed by atoms with Gasteiger partial charge in [0.15, 0.2) is 5.11 Å². The van der Waals surface area contributed by atoms with Gasteiger partial charge in [0.05, 0.1) is 23.8 Å². The van der Waals surface area contributed by atoms with Crippen LogP contribution in [0.25, 0.3) is 0 Å². The molecule has 0 fully saturated rings. The molecule has 2 aromatic rings. The van der Waals surface area contributed by atoms with Gasteiger partial charge in [0.25, 0.3) is 5.91 Å². The molecule has 2 rings (SSSR count). The molecular weight excluding hydrogens is 346 g/mol. The molecule has 2 aromatic carbocycles. The molecule has 26 heavy (non-hydrogen) atoms. The van der Waals surface area contributed by atoms with Crippen molar-refractivity contribution >= 4 is 28.9 Å². The van der Waals surface area contributed by atoms with Crippen LogP contribution in [-0.2, 0) is 0 Å². The molecule has 134 valence electrons. The average molecular weight is 367 g/mol. The van der Waals surface area contributed by atoms with Gasteiger partial charge in [-0.2, -0.15) is 5.26 Å². The van der Waals surface area contributed by atoms with Crippen molar-refractivity contribution in [3.63, 3.8) is 0 Å². The Labute approximate surface area is 159 Å². The molecule has 0 bridgehead atoms. The molecule has 0 saturated carbocycles. The lowest BCUT2D eigenvalue weighted by Gasteiger charge is -2.13. The number of nitrogens with zero attached hydrogens (tertiary/aromatic N) is 1. The van der Waals surface area contributed by atoms with Crippen LogP contribution in [0.1, 0.15) is 36.2 Å². The first kappa shape index (κ1) is 19.4. The summed E-state index contributed by atoms with van der Waals surface area (Å²) in [4.78, 5) is 12.5. The molecule has 0 aromatic heterocycles. The highest BCUT2D eigenvalue weighted by Crippen LogP contribution is 2.19. The highest BCUT2D eigenvalue weighted by molar-refractivity contribution is 7.80. The van der Waals surface area contributed by atoms with Crippen molar-refractivity contribution in [3.05, 3.63) is 59.7 Å². The summed E-state index contributed by atoms with van der Waals surface area (Å²) in [5.74, 6) is 0.725. The summed E-state index contributed by atoms with van der Waals surface area (Å²) in [6, 6.07) is 15.9. The highest BCUT2D eigenvalue weighted by atomic mass is 32.1. The van der Waals surface area contributed by atoms with Crippen LogP contribution in [-0.4, -0.2) is 17.6 Å². The van der Waals surface area contributed by atoms with Crippen molar-refractivity contribution < 1.29 is 9.53 Å². The Kier molecular flexibility index (Phi) is 7.12. The quantitative estimate of drug-likeness (QED) is 0.752. The number of hydrogen-bond donors (Lipinski definition) is 2. The van der Waals surface area contributed by atoms with Crippen LogP contribution < -0.4 is 15.4 Å². The van der Waals surface area contributed by atoms with Gasteiger partial charge in [-0.15, -0.1) is 0 Å². The number of amides is 1. The van der Waals surface area contributed by atoms with Gasteiger partial charge in [-0.1, -0.05) is 26.0 Å². The molecule has 0 spiro atoms. The summed E-state index contributed by atoms with van der Waals surface area (Å²) in [5, 5.41) is 14.6. The fraction of sp³-hybridized carbons (Fsp3) is 0.250. The summed E-state index contributed by atoms with van der Waals surface area (Å²) in [6.07, 6.45) is 0.911. The van der Waals surface area contributed by atoms with Gasteiger partial charge in [0.2, 0.25) is 0 Å². The van der Waals surface area contributed by atoms with Crippen molar-refractivity contribution in [2.24, 2.45) is 5.92 Å². The van der Waals surface area contributed by atoms with E-state index in [9.17, 15) is 4.79 Å². The lowest BCUT2D eigenvalue weighted by Crippen LogP contribution is -2.34. The summed E-state index contributed by atoms with van der Waals surface area (Å²) in [6.45, 7) is 4.79. The Hall–Kier alpha value is -2.91. The Morgan fingerprint density at radius 1 is 1.19 bits per heavy atom. The first-order valence-corrected chi connectivity index (χ1v) is 8.74. The third kappa shape index (κ3) is 5.87. The smallest absolute Gasteiger partial charge is 0.261 e. The molecule has 1 amide bonds. The maximum absolute atomic E-state index is 12.5. The molecule has 0 atom stereocenters. The maximum Gasteiger partial charge on any atom is 0.261 e. The number of benzene rings is 2. The van der Waals surface area contributed by atoms with Crippen LogP contribution in [0.2, 0.25) is 0 Å². The Balaban J connectivity index is 1.98. The summed E-state index contributed by atoms with van der Waals surface area (Å²) < 4.78 is 5.74. The number of carbonyl (C=O) groups excluding carboxylic acids is 1.